The van der Waals surface area contributed by atoms with E-state index in [9.17, 15) is 28.2 Å². The number of hydrogen-bond acceptors (Lipinski definition) is 7. The van der Waals surface area contributed by atoms with Gasteiger partial charge in [-0.3, -0.25) is 9.36 Å². The van der Waals surface area contributed by atoms with Crippen LogP contribution in [-0.4, -0.2) is 60.6 Å². The van der Waals surface area contributed by atoms with Crippen LogP contribution in [0.5, 0.6) is 5.88 Å². The van der Waals surface area contributed by atoms with Gasteiger partial charge in [0.05, 0.1) is 12.4 Å². The molecule has 12 heteroatoms. The van der Waals surface area contributed by atoms with Gasteiger partial charge in [-0.1, -0.05) is 0 Å². The second-order valence-corrected chi connectivity index (χ2v) is 5.16. The van der Waals surface area contributed by atoms with Gasteiger partial charge in [0.2, 0.25) is 5.88 Å². The molecule has 0 bridgehead atoms. The van der Waals surface area contributed by atoms with Crippen LogP contribution >= 0.6 is 0 Å². The molecule has 0 saturated carbocycles. The van der Waals surface area contributed by atoms with Crippen molar-refractivity contribution in [3.05, 3.63) is 12.7 Å². The molecule has 24 heavy (non-hydrogen) atoms. The van der Waals surface area contributed by atoms with Gasteiger partial charge in [0.1, 0.15) is 18.7 Å². The van der Waals surface area contributed by atoms with Gasteiger partial charge in [0, 0.05) is 13.0 Å². The van der Waals surface area contributed by atoms with Crippen LogP contribution in [0.4, 0.5) is 13.2 Å². The summed E-state index contributed by atoms with van der Waals surface area (Å²) in [6.07, 6.45) is -5.38. The van der Waals surface area contributed by atoms with Crippen molar-refractivity contribution in [2.45, 2.75) is 31.0 Å². The number of aliphatic hydroxyl groups excluding tert-OH is 1. The number of amides is 1. The molecule has 0 spiro atoms. The van der Waals surface area contributed by atoms with E-state index in [4.69, 9.17) is 4.74 Å². The summed E-state index contributed by atoms with van der Waals surface area (Å²) < 4.78 is 43.4. The topological polar surface area (TPSA) is 122 Å². The molecule has 1 amide bonds. The third-order valence-electron chi connectivity index (χ3n) is 3.58. The van der Waals surface area contributed by atoms with Crippen LogP contribution in [0.2, 0.25) is 0 Å². The summed E-state index contributed by atoms with van der Waals surface area (Å²) in [7, 11) is 0. The Morgan fingerprint density at radius 3 is 2.88 bits per heavy atom. The number of ether oxygens (including phenoxy) is 1. The summed E-state index contributed by atoms with van der Waals surface area (Å²) in [5.41, 5.74) is 0.379. The minimum absolute atomic E-state index is 0.0583. The zero-order valence-electron chi connectivity index (χ0n) is 11.9. The molecule has 2 aromatic rings. The van der Waals surface area contributed by atoms with Crippen LogP contribution in [0.1, 0.15) is 12.6 Å². The minimum Gasteiger partial charge on any atom is -0.492 e. The van der Waals surface area contributed by atoms with E-state index in [1.807, 2.05) is 0 Å². The van der Waals surface area contributed by atoms with Crippen molar-refractivity contribution in [1.82, 2.24) is 24.8 Å². The van der Waals surface area contributed by atoms with E-state index in [0.29, 0.717) is 0 Å². The fraction of sp³-hybridized carbons (Fsp3) is 0.500. The first-order valence-electron chi connectivity index (χ1n) is 6.82. The SMILES string of the molecule is O=C(NC[C@H]1O[C@@H](n2cnc3c(O)ncnc32)C[C@@H]1O)C(F)(F)F. The first kappa shape index (κ1) is 16.4. The highest BCUT2D eigenvalue weighted by molar-refractivity contribution is 5.81. The molecule has 3 N–H and O–H groups in total. The molecular formula is C12H12F3N5O4. The number of aliphatic hydroxyl groups is 1. The van der Waals surface area contributed by atoms with Crippen LogP contribution in [0.25, 0.3) is 11.2 Å². The number of fused-ring (bicyclic) bond motifs is 1. The molecule has 0 aromatic carbocycles. The first-order chi connectivity index (χ1) is 11.3. The lowest BCUT2D eigenvalue weighted by atomic mass is 10.2. The number of imidazole rings is 1. The Kier molecular flexibility index (Phi) is 4.01. The fourth-order valence-corrected chi connectivity index (χ4v) is 2.41. The van der Waals surface area contributed by atoms with Crippen molar-refractivity contribution in [1.29, 1.82) is 0 Å². The largest absolute Gasteiger partial charge is 0.492 e. The van der Waals surface area contributed by atoms with Gasteiger partial charge in [0.15, 0.2) is 11.2 Å². The summed E-state index contributed by atoms with van der Waals surface area (Å²) in [5.74, 6) is -2.43. The van der Waals surface area contributed by atoms with E-state index in [2.05, 4.69) is 15.0 Å². The second kappa shape index (κ2) is 5.87. The summed E-state index contributed by atoms with van der Waals surface area (Å²) in [6.45, 7) is -0.497. The van der Waals surface area contributed by atoms with E-state index in [1.54, 1.807) is 5.32 Å². The lowest BCUT2D eigenvalue weighted by Crippen LogP contribution is -2.43. The first-order valence-corrected chi connectivity index (χ1v) is 6.82. The molecule has 0 radical (unpaired) electrons. The van der Waals surface area contributed by atoms with Crippen LogP contribution in [0, 0.1) is 0 Å². The standard InChI is InChI=1S/C12H12F3N5O4/c13-12(14,15)11(23)16-2-6-5(21)1-7(24-6)20-4-19-8-9(20)17-3-18-10(8)22/h3-7,21H,1-2H2,(H,16,23)(H,17,18,22)/t5-,6+,7+/m0/s1. The zero-order valence-corrected chi connectivity index (χ0v) is 11.9. The van der Waals surface area contributed by atoms with Crippen LogP contribution in [0.15, 0.2) is 12.7 Å². The summed E-state index contributed by atoms with van der Waals surface area (Å²) in [5, 5.41) is 21.2. The van der Waals surface area contributed by atoms with E-state index in [1.165, 1.54) is 10.9 Å². The highest BCUT2D eigenvalue weighted by Gasteiger charge is 2.41. The Balaban J connectivity index is 1.71. The maximum absolute atomic E-state index is 12.2. The van der Waals surface area contributed by atoms with Crippen molar-refractivity contribution >= 4 is 17.1 Å². The summed E-state index contributed by atoms with van der Waals surface area (Å²) in [6, 6.07) is 0. The molecule has 3 heterocycles. The molecule has 0 unspecified atom stereocenters. The minimum atomic E-state index is -5.00. The Morgan fingerprint density at radius 2 is 2.17 bits per heavy atom. The van der Waals surface area contributed by atoms with Crippen molar-refractivity contribution in [2.24, 2.45) is 0 Å². The number of rotatable bonds is 3. The monoisotopic (exact) mass is 347 g/mol. The number of carbonyl (C=O) groups excluding carboxylic acids is 1. The third-order valence-corrected chi connectivity index (χ3v) is 3.58. The Morgan fingerprint density at radius 1 is 1.42 bits per heavy atom. The quantitative estimate of drug-likeness (QED) is 0.706. The lowest BCUT2D eigenvalue weighted by Gasteiger charge is -2.16. The third kappa shape index (κ3) is 2.97. The molecule has 1 aliphatic heterocycles. The van der Waals surface area contributed by atoms with Crippen molar-refractivity contribution in [3.8, 4) is 5.88 Å². The molecule has 1 saturated heterocycles. The van der Waals surface area contributed by atoms with Crippen molar-refractivity contribution in [3.63, 3.8) is 0 Å². The fourth-order valence-electron chi connectivity index (χ4n) is 2.41. The lowest BCUT2D eigenvalue weighted by molar-refractivity contribution is -0.174. The van der Waals surface area contributed by atoms with Crippen molar-refractivity contribution in [2.75, 3.05) is 6.54 Å². The van der Waals surface area contributed by atoms with E-state index in [-0.39, 0.29) is 23.5 Å². The number of aromatic nitrogens is 4. The van der Waals surface area contributed by atoms with Crippen LogP contribution in [-0.2, 0) is 9.53 Å². The number of alkyl halides is 3. The Hall–Kier alpha value is -2.47. The van der Waals surface area contributed by atoms with Crippen molar-refractivity contribution < 1.29 is 32.9 Å². The predicted octanol–water partition coefficient (Wildman–Crippen LogP) is -0.141. The number of nitrogens with zero attached hydrogens (tertiary/aromatic N) is 4. The predicted molar refractivity (Wildman–Crippen MR) is 70.6 cm³/mol. The maximum Gasteiger partial charge on any atom is 0.471 e. The molecule has 3 rings (SSSR count). The number of carbonyl (C=O) groups is 1. The molecular weight excluding hydrogens is 335 g/mol. The Bertz CT molecular complexity index is 765. The molecule has 1 aliphatic rings. The average Bonchev–Trinajstić information content (AvgIpc) is 3.08. The van der Waals surface area contributed by atoms with Gasteiger partial charge >= 0.3 is 12.1 Å². The smallest absolute Gasteiger partial charge is 0.471 e. The molecule has 1 fully saturated rings. The number of nitrogens with one attached hydrogen (secondary N) is 1. The van der Waals surface area contributed by atoms with Crippen LogP contribution in [0.3, 0.4) is 0 Å². The van der Waals surface area contributed by atoms with E-state index >= 15 is 0 Å². The van der Waals surface area contributed by atoms with E-state index in [0.717, 1.165) is 6.33 Å². The summed E-state index contributed by atoms with van der Waals surface area (Å²) in [4.78, 5) is 22.3. The Labute approximate surface area is 132 Å². The molecule has 2 aromatic heterocycles. The van der Waals surface area contributed by atoms with Gasteiger partial charge in [0.25, 0.3) is 0 Å². The van der Waals surface area contributed by atoms with Crippen LogP contribution < -0.4 is 5.32 Å². The van der Waals surface area contributed by atoms with Gasteiger partial charge in [-0.2, -0.15) is 18.2 Å². The molecule has 130 valence electrons. The summed E-state index contributed by atoms with van der Waals surface area (Å²) >= 11 is 0. The zero-order chi connectivity index (χ0) is 17.5. The molecule has 0 aliphatic carbocycles. The normalized spacial score (nSPS) is 24.4. The molecule has 9 nitrogen and oxygen atoms in total. The number of hydrogen-bond donors (Lipinski definition) is 3. The second-order valence-electron chi connectivity index (χ2n) is 5.16. The van der Waals surface area contributed by atoms with Gasteiger partial charge in [-0.25, -0.2) is 9.97 Å². The van der Waals surface area contributed by atoms with Gasteiger partial charge < -0.3 is 20.3 Å². The maximum atomic E-state index is 12.2. The van der Waals surface area contributed by atoms with Gasteiger partial charge in [-0.15, -0.1) is 0 Å². The van der Waals surface area contributed by atoms with Gasteiger partial charge in [-0.05, 0) is 0 Å². The molecule has 3 atom stereocenters. The number of aromatic hydroxyl groups is 1. The number of halogens is 3. The highest BCUT2D eigenvalue weighted by Crippen LogP contribution is 2.31. The average molecular weight is 347 g/mol. The van der Waals surface area contributed by atoms with E-state index < -0.39 is 37.1 Å². The highest BCUT2D eigenvalue weighted by atomic mass is 19.4.